The second-order valence-electron chi connectivity index (χ2n) is 5.97. The molecule has 6 heteroatoms. The van der Waals surface area contributed by atoms with Gasteiger partial charge in [-0.3, -0.25) is 9.88 Å². The van der Waals surface area contributed by atoms with E-state index in [4.69, 9.17) is 14.2 Å². The molecule has 3 rings (SSSR count). The number of methoxy groups -OCH3 is 3. The van der Waals surface area contributed by atoms with Crippen molar-refractivity contribution >= 4 is 5.69 Å². The Morgan fingerprint density at radius 3 is 2.28 bits per heavy atom. The fraction of sp³-hybridized carbons (Fsp3) is 0.421. The maximum Gasteiger partial charge on any atom is 0.203 e. The van der Waals surface area contributed by atoms with Crippen LogP contribution in [0, 0.1) is 0 Å². The molecule has 1 fully saturated rings. The molecule has 0 atom stereocenters. The van der Waals surface area contributed by atoms with E-state index in [1.807, 2.05) is 30.6 Å². The molecule has 1 aromatic heterocycles. The predicted octanol–water partition coefficient (Wildman–Crippen LogP) is 2.43. The molecule has 0 unspecified atom stereocenters. The maximum atomic E-state index is 5.59. The Balaban J connectivity index is 1.68. The predicted molar refractivity (Wildman–Crippen MR) is 97.8 cm³/mol. The summed E-state index contributed by atoms with van der Waals surface area (Å²) in [5.41, 5.74) is 2.29. The Kier molecular flexibility index (Phi) is 5.60. The molecule has 134 valence electrons. The van der Waals surface area contributed by atoms with Crippen molar-refractivity contribution in [3.8, 4) is 17.2 Å². The molecule has 0 spiro atoms. The van der Waals surface area contributed by atoms with E-state index in [1.54, 1.807) is 21.3 Å². The number of anilines is 1. The Morgan fingerprint density at radius 2 is 1.68 bits per heavy atom. The minimum atomic E-state index is 0.650. The first kappa shape index (κ1) is 17.4. The molecule has 0 bridgehead atoms. The van der Waals surface area contributed by atoms with Gasteiger partial charge in [0.1, 0.15) is 0 Å². The first-order valence-corrected chi connectivity index (χ1v) is 8.42. The van der Waals surface area contributed by atoms with Crippen molar-refractivity contribution in [2.45, 2.75) is 6.54 Å². The number of hydrogen-bond donors (Lipinski definition) is 0. The minimum Gasteiger partial charge on any atom is -0.493 e. The number of pyridine rings is 1. The molecule has 1 saturated heterocycles. The summed E-state index contributed by atoms with van der Waals surface area (Å²) in [4.78, 5) is 9.00. The van der Waals surface area contributed by atoms with E-state index in [0.29, 0.717) is 11.5 Å². The van der Waals surface area contributed by atoms with E-state index in [1.165, 1.54) is 5.69 Å². The van der Waals surface area contributed by atoms with Crippen molar-refractivity contribution < 1.29 is 14.2 Å². The van der Waals surface area contributed by atoms with Gasteiger partial charge in [0.15, 0.2) is 11.5 Å². The van der Waals surface area contributed by atoms with Gasteiger partial charge in [0.25, 0.3) is 0 Å². The van der Waals surface area contributed by atoms with E-state index in [-0.39, 0.29) is 0 Å². The van der Waals surface area contributed by atoms with Crippen LogP contribution in [-0.2, 0) is 6.54 Å². The second kappa shape index (κ2) is 8.07. The number of benzene rings is 1. The van der Waals surface area contributed by atoms with E-state index >= 15 is 0 Å². The van der Waals surface area contributed by atoms with Crippen LogP contribution in [-0.4, -0.2) is 57.4 Å². The molecule has 0 saturated carbocycles. The topological polar surface area (TPSA) is 47.1 Å². The lowest BCUT2D eigenvalue weighted by Crippen LogP contribution is -2.46. The van der Waals surface area contributed by atoms with Gasteiger partial charge < -0.3 is 19.1 Å². The lowest BCUT2D eigenvalue weighted by molar-refractivity contribution is 0.243. The van der Waals surface area contributed by atoms with Crippen molar-refractivity contribution in [3.63, 3.8) is 0 Å². The molecule has 1 aliphatic rings. The number of aromatic nitrogens is 1. The molecule has 25 heavy (non-hydrogen) atoms. The number of hydrogen-bond acceptors (Lipinski definition) is 6. The minimum absolute atomic E-state index is 0.650. The Hall–Kier alpha value is -2.47. The van der Waals surface area contributed by atoms with Gasteiger partial charge in [-0.15, -0.1) is 0 Å². The van der Waals surface area contributed by atoms with Gasteiger partial charge in [0.2, 0.25) is 5.75 Å². The normalized spacial score (nSPS) is 15.1. The standard InChI is InChI=1S/C19H25N3O3/c1-23-17-7-6-15(18(24-2)19(17)25-3)14-21-9-11-22(12-10-21)16-5-4-8-20-13-16/h4-8,13H,9-12,14H2,1-3H3. The SMILES string of the molecule is COc1ccc(CN2CCN(c3cccnc3)CC2)c(OC)c1OC. The van der Waals surface area contributed by atoms with Gasteiger partial charge in [-0.2, -0.15) is 0 Å². The van der Waals surface area contributed by atoms with Gasteiger partial charge in [0, 0.05) is 44.5 Å². The second-order valence-corrected chi connectivity index (χ2v) is 5.97. The summed E-state index contributed by atoms with van der Waals surface area (Å²) in [6.45, 7) is 4.78. The third kappa shape index (κ3) is 3.79. The quantitative estimate of drug-likeness (QED) is 0.803. The lowest BCUT2D eigenvalue weighted by atomic mass is 10.1. The summed E-state index contributed by atoms with van der Waals surface area (Å²) in [6, 6.07) is 8.08. The molecule has 2 heterocycles. The van der Waals surface area contributed by atoms with Crippen molar-refractivity contribution in [3.05, 3.63) is 42.2 Å². The highest BCUT2D eigenvalue weighted by atomic mass is 16.5. The van der Waals surface area contributed by atoms with E-state index in [0.717, 1.165) is 44.0 Å². The molecule has 0 aliphatic carbocycles. The highest BCUT2D eigenvalue weighted by Crippen LogP contribution is 2.40. The Labute approximate surface area is 148 Å². The maximum absolute atomic E-state index is 5.59. The highest BCUT2D eigenvalue weighted by Gasteiger charge is 2.21. The summed E-state index contributed by atoms with van der Waals surface area (Å²) in [6.07, 6.45) is 3.73. The van der Waals surface area contributed by atoms with Crippen molar-refractivity contribution in [1.82, 2.24) is 9.88 Å². The summed E-state index contributed by atoms with van der Waals surface area (Å²) < 4.78 is 16.4. The van der Waals surface area contributed by atoms with Gasteiger partial charge >= 0.3 is 0 Å². The molecule has 0 N–H and O–H groups in total. The summed E-state index contributed by atoms with van der Waals surface area (Å²) in [5.74, 6) is 2.08. The monoisotopic (exact) mass is 343 g/mol. The van der Waals surface area contributed by atoms with Crippen LogP contribution < -0.4 is 19.1 Å². The zero-order chi connectivity index (χ0) is 17.6. The van der Waals surface area contributed by atoms with Crippen LogP contribution in [0.3, 0.4) is 0 Å². The highest BCUT2D eigenvalue weighted by molar-refractivity contribution is 5.55. The Bertz CT molecular complexity index is 686. The average molecular weight is 343 g/mol. The number of piperazine rings is 1. The summed E-state index contributed by atoms with van der Waals surface area (Å²) in [7, 11) is 4.94. The summed E-state index contributed by atoms with van der Waals surface area (Å²) in [5, 5.41) is 0. The van der Waals surface area contributed by atoms with E-state index < -0.39 is 0 Å². The first-order valence-electron chi connectivity index (χ1n) is 8.42. The number of nitrogens with zero attached hydrogens (tertiary/aromatic N) is 3. The molecule has 2 aromatic rings. The van der Waals surface area contributed by atoms with Crippen LogP contribution >= 0.6 is 0 Å². The van der Waals surface area contributed by atoms with Crippen molar-refractivity contribution in [1.29, 1.82) is 0 Å². The van der Waals surface area contributed by atoms with Gasteiger partial charge in [-0.1, -0.05) is 6.07 Å². The molecule has 0 amide bonds. The van der Waals surface area contributed by atoms with E-state index in [9.17, 15) is 0 Å². The van der Waals surface area contributed by atoms with Crippen LogP contribution in [0.4, 0.5) is 5.69 Å². The van der Waals surface area contributed by atoms with Crippen LogP contribution in [0.25, 0.3) is 0 Å². The molecule has 0 radical (unpaired) electrons. The van der Waals surface area contributed by atoms with Crippen molar-refractivity contribution in [2.24, 2.45) is 0 Å². The molecule has 6 nitrogen and oxygen atoms in total. The summed E-state index contributed by atoms with van der Waals surface area (Å²) >= 11 is 0. The fourth-order valence-electron chi connectivity index (χ4n) is 3.23. The van der Waals surface area contributed by atoms with Crippen LogP contribution in [0.5, 0.6) is 17.2 Å². The van der Waals surface area contributed by atoms with Gasteiger partial charge in [0.05, 0.1) is 33.2 Å². The Morgan fingerprint density at radius 1 is 0.920 bits per heavy atom. The lowest BCUT2D eigenvalue weighted by Gasteiger charge is -2.36. The van der Waals surface area contributed by atoms with Crippen molar-refractivity contribution in [2.75, 3.05) is 52.4 Å². The fourth-order valence-corrected chi connectivity index (χ4v) is 3.23. The molecule has 1 aromatic carbocycles. The molecule has 1 aliphatic heterocycles. The average Bonchev–Trinajstić information content (AvgIpc) is 2.68. The first-order chi connectivity index (χ1) is 12.3. The van der Waals surface area contributed by atoms with Crippen LogP contribution in [0.1, 0.15) is 5.56 Å². The molecular formula is C19H25N3O3. The van der Waals surface area contributed by atoms with Crippen LogP contribution in [0.2, 0.25) is 0 Å². The number of ether oxygens (including phenoxy) is 3. The zero-order valence-electron chi connectivity index (χ0n) is 15.1. The number of rotatable bonds is 6. The third-order valence-electron chi connectivity index (χ3n) is 4.56. The zero-order valence-corrected chi connectivity index (χ0v) is 15.1. The smallest absolute Gasteiger partial charge is 0.203 e. The van der Waals surface area contributed by atoms with Crippen LogP contribution in [0.15, 0.2) is 36.7 Å². The van der Waals surface area contributed by atoms with Gasteiger partial charge in [-0.05, 0) is 18.2 Å². The largest absolute Gasteiger partial charge is 0.493 e. The third-order valence-corrected chi connectivity index (χ3v) is 4.56. The molecular weight excluding hydrogens is 318 g/mol. The van der Waals surface area contributed by atoms with E-state index in [2.05, 4.69) is 20.9 Å². The van der Waals surface area contributed by atoms with Gasteiger partial charge in [-0.25, -0.2) is 0 Å².